The fourth-order valence-electron chi connectivity index (χ4n) is 5.58. The molecule has 3 aromatic rings. The van der Waals surface area contributed by atoms with E-state index in [1.54, 1.807) is 23.0 Å². The molecule has 214 valence electrons. The van der Waals surface area contributed by atoms with Gasteiger partial charge in [-0.05, 0) is 75.1 Å². The Balaban J connectivity index is 1.26. The first-order valence-corrected chi connectivity index (χ1v) is 15.3. The van der Waals surface area contributed by atoms with Crippen LogP contribution in [0.1, 0.15) is 57.6 Å². The van der Waals surface area contributed by atoms with E-state index in [0.29, 0.717) is 47.9 Å². The topological polar surface area (TPSA) is 115 Å². The molecule has 2 fully saturated rings. The van der Waals surface area contributed by atoms with E-state index in [2.05, 4.69) is 10.6 Å². The van der Waals surface area contributed by atoms with E-state index in [1.807, 2.05) is 31.2 Å². The molecule has 2 N–H and O–H groups in total. The van der Waals surface area contributed by atoms with Crippen molar-refractivity contribution in [3.8, 4) is 0 Å². The summed E-state index contributed by atoms with van der Waals surface area (Å²) in [6, 6.07) is 11.0. The highest BCUT2D eigenvalue weighted by Crippen LogP contribution is 2.32. The number of nitrogens with one attached hydrogen (secondary N) is 2. The molecule has 0 radical (unpaired) electrons. The van der Waals surface area contributed by atoms with E-state index in [4.69, 9.17) is 14.1 Å². The van der Waals surface area contributed by atoms with Gasteiger partial charge in [-0.2, -0.15) is 0 Å². The lowest BCUT2D eigenvalue weighted by atomic mass is 9.81. The molecule has 0 bridgehead atoms. The summed E-state index contributed by atoms with van der Waals surface area (Å²) >= 11 is 1.34. The molecule has 1 aliphatic heterocycles. The van der Waals surface area contributed by atoms with Gasteiger partial charge < -0.3 is 19.8 Å². The highest BCUT2D eigenvalue weighted by Gasteiger charge is 2.29. The Morgan fingerprint density at radius 1 is 1.10 bits per heavy atom. The molecule has 2 amide bonds. The molecule has 0 spiro atoms. The number of furan rings is 1. The highest BCUT2D eigenvalue weighted by molar-refractivity contribution is 8.00. The van der Waals surface area contributed by atoms with Crippen molar-refractivity contribution < 1.29 is 18.7 Å². The van der Waals surface area contributed by atoms with Crippen LogP contribution < -0.4 is 16.2 Å². The van der Waals surface area contributed by atoms with Crippen LogP contribution in [0.4, 0.5) is 0 Å². The van der Waals surface area contributed by atoms with E-state index in [1.165, 1.54) is 11.8 Å². The third-order valence-corrected chi connectivity index (χ3v) is 9.30. The number of carbonyl (C=O) groups excluding carboxylic acids is 2. The second-order valence-corrected chi connectivity index (χ2v) is 11.9. The Hall–Kier alpha value is -3.11. The van der Waals surface area contributed by atoms with Gasteiger partial charge in [0, 0.05) is 25.6 Å². The van der Waals surface area contributed by atoms with Crippen molar-refractivity contribution in [1.29, 1.82) is 0 Å². The maximum Gasteiger partial charge on any atom is 0.262 e. The number of ether oxygens (including phenoxy) is 1. The molecule has 5 rings (SSSR count). The van der Waals surface area contributed by atoms with Gasteiger partial charge in [-0.15, -0.1) is 0 Å². The maximum atomic E-state index is 13.6. The van der Waals surface area contributed by atoms with Gasteiger partial charge in [0.05, 0.1) is 35.1 Å². The first-order valence-electron chi connectivity index (χ1n) is 14.4. The second kappa shape index (κ2) is 13.5. The van der Waals surface area contributed by atoms with Crippen LogP contribution in [0.3, 0.4) is 0 Å². The number of rotatable bonds is 11. The van der Waals surface area contributed by atoms with Crippen molar-refractivity contribution in [1.82, 2.24) is 20.2 Å². The van der Waals surface area contributed by atoms with Gasteiger partial charge in [0.15, 0.2) is 5.16 Å². The quantitative estimate of drug-likeness (QED) is 0.263. The summed E-state index contributed by atoms with van der Waals surface area (Å²) in [6.07, 6.45) is 7.70. The Kier molecular flexibility index (Phi) is 9.59. The maximum absolute atomic E-state index is 13.6. The lowest BCUT2D eigenvalue weighted by Crippen LogP contribution is -2.38. The van der Waals surface area contributed by atoms with E-state index >= 15 is 0 Å². The molecule has 2 aromatic heterocycles. The SMILES string of the molecule is CC[C@H](Sc1nc2ccccc2c(=O)n1CC1CCC(C(=O)NC[C@H]2CCCO2)CC1)C(=O)NCc1ccco1. The van der Waals surface area contributed by atoms with Crippen LogP contribution >= 0.6 is 11.8 Å². The average Bonchev–Trinajstić information content (AvgIpc) is 3.70. The van der Waals surface area contributed by atoms with Crippen molar-refractivity contribution in [2.24, 2.45) is 11.8 Å². The minimum Gasteiger partial charge on any atom is -0.467 e. The summed E-state index contributed by atoms with van der Waals surface area (Å²) in [5.41, 5.74) is 0.541. The standard InChI is InChI=1S/C30H38N4O5S/c1-2-26(28(36)32-18-23-8-6-16-39-23)40-30-33-25-10-4-3-9-24(25)29(37)34(30)19-20-11-13-21(14-12-20)27(35)31-17-22-7-5-15-38-22/h3-4,6,8-10,16,20-22,26H,2,5,7,11-15,17-19H2,1H3,(H,31,35)(H,32,36)/t20?,21?,22-,26+/m1/s1. The van der Waals surface area contributed by atoms with Crippen LogP contribution in [0.15, 0.2) is 57.0 Å². The van der Waals surface area contributed by atoms with Crippen molar-refractivity contribution in [2.45, 2.75) is 81.5 Å². The van der Waals surface area contributed by atoms with E-state index in [-0.39, 0.29) is 35.3 Å². The largest absolute Gasteiger partial charge is 0.467 e. The predicted octanol–water partition coefficient (Wildman–Crippen LogP) is 4.28. The molecule has 0 unspecified atom stereocenters. The minimum atomic E-state index is -0.405. The lowest BCUT2D eigenvalue weighted by Gasteiger charge is -2.29. The van der Waals surface area contributed by atoms with Crippen molar-refractivity contribution in [2.75, 3.05) is 13.2 Å². The van der Waals surface area contributed by atoms with Gasteiger partial charge in [0.2, 0.25) is 11.8 Å². The number of thioether (sulfide) groups is 1. The third kappa shape index (κ3) is 6.96. The number of nitrogens with zero attached hydrogens (tertiary/aromatic N) is 2. The number of fused-ring (bicyclic) bond motifs is 1. The molecule has 2 atom stereocenters. The van der Waals surface area contributed by atoms with E-state index < -0.39 is 5.25 Å². The van der Waals surface area contributed by atoms with Gasteiger partial charge in [-0.3, -0.25) is 19.0 Å². The minimum absolute atomic E-state index is 0.000258. The van der Waals surface area contributed by atoms with Crippen molar-refractivity contribution in [3.05, 3.63) is 58.8 Å². The number of aromatic nitrogens is 2. The monoisotopic (exact) mass is 566 g/mol. The molecule has 9 nitrogen and oxygen atoms in total. The van der Waals surface area contributed by atoms with E-state index in [9.17, 15) is 14.4 Å². The Bertz CT molecular complexity index is 1340. The average molecular weight is 567 g/mol. The third-order valence-electron chi connectivity index (χ3n) is 7.94. The molecule has 40 heavy (non-hydrogen) atoms. The smallest absolute Gasteiger partial charge is 0.262 e. The zero-order valence-corrected chi connectivity index (χ0v) is 23.8. The van der Waals surface area contributed by atoms with Crippen LogP contribution in [0.25, 0.3) is 10.9 Å². The van der Waals surface area contributed by atoms with Gasteiger partial charge in [-0.25, -0.2) is 4.98 Å². The van der Waals surface area contributed by atoms with Crippen molar-refractivity contribution >= 4 is 34.5 Å². The van der Waals surface area contributed by atoms with Crippen molar-refractivity contribution in [3.63, 3.8) is 0 Å². The normalized spacial score (nSPS) is 21.8. The number of hydrogen-bond acceptors (Lipinski definition) is 7. The fraction of sp³-hybridized carbons (Fsp3) is 0.533. The summed E-state index contributed by atoms with van der Waals surface area (Å²) in [5.74, 6) is 0.939. The first kappa shape index (κ1) is 28.4. The number of hydrogen-bond donors (Lipinski definition) is 2. The van der Waals surface area contributed by atoms with Crippen LogP contribution in [0.5, 0.6) is 0 Å². The lowest BCUT2D eigenvalue weighted by molar-refractivity contribution is -0.126. The Labute approximate surface area is 238 Å². The van der Waals surface area contributed by atoms with Crippen LogP contribution in [0, 0.1) is 11.8 Å². The van der Waals surface area contributed by atoms with Gasteiger partial charge >= 0.3 is 0 Å². The number of carbonyl (C=O) groups is 2. The number of amides is 2. The van der Waals surface area contributed by atoms with Crippen LogP contribution in [0.2, 0.25) is 0 Å². The molecular formula is C30H38N4O5S. The molecule has 1 saturated heterocycles. The number of para-hydroxylation sites is 1. The summed E-state index contributed by atoms with van der Waals surface area (Å²) in [4.78, 5) is 44.3. The Morgan fingerprint density at radius 2 is 1.93 bits per heavy atom. The summed E-state index contributed by atoms with van der Waals surface area (Å²) in [7, 11) is 0. The first-order chi connectivity index (χ1) is 19.5. The molecule has 10 heteroatoms. The summed E-state index contributed by atoms with van der Waals surface area (Å²) < 4.78 is 12.7. The molecule has 3 heterocycles. The summed E-state index contributed by atoms with van der Waals surface area (Å²) in [6.45, 7) is 4.16. The predicted molar refractivity (Wildman–Crippen MR) is 154 cm³/mol. The molecule has 1 aliphatic carbocycles. The van der Waals surface area contributed by atoms with Crippen LogP contribution in [-0.4, -0.2) is 45.9 Å². The van der Waals surface area contributed by atoms with Gasteiger partial charge in [0.1, 0.15) is 5.76 Å². The Morgan fingerprint density at radius 3 is 2.65 bits per heavy atom. The van der Waals surface area contributed by atoms with Gasteiger partial charge in [0.25, 0.3) is 5.56 Å². The zero-order valence-electron chi connectivity index (χ0n) is 23.0. The highest BCUT2D eigenvalue weighted by atomic mass is 32.2. The van der Waals surface area contributed by atoms with Gasteiger partial charge in [-0.1, -0.05) is 30.8 Å². The molecule has 2 aliphatic rings. The number of benzene rings is 1. The molecule has 1 saturated carbocycles. The molecular weight excluding hydrogens is 528 g/mol. The summed E-state index contributed by atoms with van der Waals surface area (Å²) in [5, 5.41) is 6.74. The van der Waals surface area contributed by atoms with Crippen LogP contribution in [-0.2, 0) is 27.4 Å². The van der Waals surface area contributed by atoms with E-state index in [0.717, 1.165) is 45.1 Å². The second-order valence-electron chi connectivity index (χ2n) is 10.7. The fourth-order valence-corrected chi connectivity index (χ4v) is 6.63. The zero-order chi connectivity index (χ0) is 27.9. The molecule has 1 aromatic carbocycles.